The number of nitrogens with zero attached hydrogens (tertiary/aromatic N) is 3. The first-order valence-corrected chi connectivity index (χ1v) is 10.3. The van der Waals surface area contributed by atoms with Crippen molar-refractivity contribution in [1.29, 1.82) is 0 Å². The monoisotopic (exact) mass is 357 g/mol. The number of fused-ring (bicyclic) bond motifs is 1. The second-order valence-electron chi connectivity index (χ2n) is 6.81. The van der Waals surface area contributed by atoms with Crippen LogP contribution < -0.4 is 0 Å². The summed E-state index contributed by atoms with van der Waals surface area (Å²) in [6, 6.07) is 12.4. The van der Waals surface area contributed by atoms with Gasteiger partial charge in [0.05, 0.1) is 0 Å². The van der Waals surface area contributed by atoms with Crippen LogP contribution in [0.15, 0.2) is 53.7 Å². The van der Waals surface area contributed by atoms with Crippen LogP contribution in [0, 0.1) is 0 Å². The molecule has 0 bridgehead atoms. The fraction of sp³-hybridized carbons (Fsp3) is 0.421. The van der Waals surface area contributed by atoms with Gasteiger partial charge >= 0.3 is 0 Å². The van der Waals surface area contributed by atoms with Crippen LogP contribution in [-0.2, 0) is 23.0 Å². The molecule has 25 heavy (non-hydrogen) atoms. The summed E-state index contributed by atoms with van der Waals surface area (Å²) < 4.78 is 27.0. The Morgan fingerprint density at radius 2 is 1.72 bits per heavy atom. The number of sulfonamides is 1. The van der Waals surface area contributed by atoms with Crippen LogP contribution in [0.3, 0.4) is 0 Å². The summed E-state index contributed by atoms with van der Waals surface area (Å²) in [5, 5.41) is 0. The number of rotatable bonds is 3. The van der Waals surface area contributed by atoms with Crippen molar-refractivity contribution in [2.45, 2.75) is 36.7 Å². The number of aromatic nitrogens is 1. The smallest absolute Gasteiger partial charge is 0.244 e. The van der Waals surface area contributed by atoms with E-state index >= 15 is 0 Å². The zero-order valence-electron chi connectivity index (χ0n) is 14.2. The largest absolute Gasteiger partial charge is 0.296 e. The van der Waals surface area contributed by atoms with Gasteiger partial charge in [0, 0.05) is 44.6 Å². The van der Waals surface area contributed by atoms with Crippen molar-refractivity contribution in [3.05, 3.63) is 59.9 Å². The van der Waals surface area contributed by atoms with Gasteiger partial charge in [-0.05, 0) is 42.5 Å². The maximum Gasteiger partial charge on any atom is 0.244 e. The van der Waals surface area contributed by atoms with Crippen molar-refractivity contribution < 1.29 is 8.42 Å². The first kappa shape index (κ1) is 16.7. The van der Waals surface area contributed by atoms with E-state index in [9.17, 15) is 8.42 Å². The zero-order chi connectivity index (χ0) is 17.3. The molecule has 0 unspecified atom stereocenters. The molecule has 0 N–H and O–H groups in total. The average molecular weight is 357 g/mol. The topological polar surface area (TPSA) is 53.5 Å². The lowest BCUT2D eigenvalue weighted by atomic mass is 9.96. The quantitative estimate of drug-likeness (QED) is 0.846. The van der Waals surface area contributed by atoms with Gasteiger partial charge in [0.1, 0.15) is 4.90 Å². The molecule has 1 aromatic carbocycles. The molecule has 1 saturated heterocycles. The highest BCUT2D eigenvalue weighted by Gasteiger charge is 2.32. The third-order valence-corrected chi connectivity index (χ3v) is 7.25. The summed E-state index contributed by atoms with van der Waals surface area (Å²) in [4.78, 5) is 6.76. The first-order valence-electron chi connectivity index (χ1n) is 8.85. The third-order valence-electron chi connectivity index (χ3n) is 5.37. The zero-order valence-corrected chi connectivity index (χ0v) is 15.0. The predicted molar refractivity (Wildman–Crippen MR) is 96.6 cm³/mol. The van der Waals surface area contributed by atoms with E-state index in [2.05, 4.69) is 34.1 Å². The molecular formula is C19H23N3O2S. The Kier molecular flexibility index (Phi) is 4.58. The second-order valence-corrected chi connectivity index (χ2v) is 8.75. The number of piperidine rings is 1. The molecule has 6 heteroatoms. The van der Waals surface area contributed by atoms with Crippen molar-refractivity contribution in [3.63, 3.8) is 0 Å². The van der Waals surface area contributed by atoms with Crippen LogP contribution in [0.25, 0.3) is 0 Å². The summed E-state index contributed by atoms with van der Waals surface area (Å²) in [5.74, 6) is 0. The molecule has 3 heterocycles. The first-order chi connectivity index (χ1) is 12.1. The van der Waals surface area contributed by atoms with Crippen molar-refractivity contribution in [1.82, 2.24) is 14.2 Å². The van der Waals surface area contributed by atoms with E-state index in [-0.39, 0.29) is 0 Å². The number of benzene rings is 1. The van der Waals surface area contributed by atoms with Crippen molar-refractivity contribution in [2.75, 3.05) is 19.6 Å². The van der Waals surface area contributed by atoms with Gasteiger partial charge < -0.3 is 0 Å². The average Bonchev–Trinajstić information content (AvgIpc) is 2.68. The minimum atomic E-state index is -3.41. The minimum Gasteiger partial charge on any atom is -0.296 e. The summed E-state index contributed by atoms with van der Waals surface area (Å²) in [6.07, 6.45) is 5.90. The summed E-state index contributed by atoms with van der Waals surface area (Å²) in [6.45, 7) is 3.22. The third kappa shape index (κ3) is 3.34. The minimum absolute atomic E-state index is 0.292. The van der Waals surface area contributed by atoms with Gasteiger partial charge in [0.2, 0.25) is 10.0 Å². The second kappa shape index (κ2) is 6.86. The van der Waals surface area contributed by atoms with E-state index in [4.69, 9.17) is 0 Å². The molecule has 2 aliphatic heterocycles. The Balaban J connectivity index is 1.41. The molecule has 2 aromatic rings. The lowest BCUT2D eigenvalue weighted by molar-refractivity contribution is 0.126. The number of pyridine rings is 1. The molecule has 1 fully saturated rings. The summed E-state index contributed by atoms with van der Waals surface area (Å²) in [5.41, 5.74) is 2.87. The summed E-state index contributed by atoms with van der Waals surface area (Å²) >= 11 is 0. The molecule has 5 nitrogen and oxygen atoms in total. The Labute approximate surface area is 149 Å². The maximum atomic E-state index is 12.7. The Hall–Kier alpha value is -1.76. The Bertz CT molecular complexity index is 831. The lowest BCUT2D eigenvalue weighted by Gasteiger charge is -2.40. The van der Waals surface area contributed by atoms with E-state index in [1.165, 1.54) is 17.3 Å². The van der Waals surface area contributed by atoms with Crippen LogP contribution in [0.1, 0.15) is 24.0 Å². The molecule has 4 rings (SSSR count). The lowest BCUT2D eigenvalue weighted by Crippen LogP contribution is -2.48. The molecule has 132 valence electrons. The van der Waals surface area contributed by atoms with Crippen molar-refractivity contribution >= 4 is 10.0 Å². The number of hydrogen-bond donors (Lipinski definition) is 0. The maximum absolute atomic E-state index is 12.7. The SMILES string of the molecule is O=S(=O)(c1cccnc1)N1CCC(N2CCc3ccccc3C2)CC1. The highest BCUT2D eigenvalue weighted by atomic mass is 32.2. The van der Waals surface area contributed by atoms with Crippen LogP contribution in [0.5, 0.6) is 0 Å². The van der Waals surface area contributed by atoms with Gasteiger partial charge in [-0.15, -0.1) is 0 Å². The molecule has 0 atom stereocenters. The van der Waals surface area contributed by atoms with E-state index in [1.54, 1.807) is 22.6 Å². The van der Waals surface area contributed by atoms with Gasteiger partial charge in [0.25, 0.3) is 0 Å². The van der Waals surface area contributed by atoms with Gasteiger partial charge in [-0.1, -0.05) is 24.3 Å². The van der Waals surface area contributed by atoms with Gasteiger partial charge in [-0.3, -0.25) is 9.88 Å². The van der Waals surface area contributed by atoms with Crippen LogP contribution in [-0.4, -0.2) is 48.3 Å². The van der Waals surface area contributed by atoms with Crippen LogP contribution >= 0.6 is 0 Å². The molecule has 0 saturated carbocycles. The fourth-order valence-corrected chi connectivity index (χ4v) is 5.36. The van der Waals surface area contributed by atoms with Crippen LogP contribution in [0.2, 0.25) is 0 Å². The molecule has 0 spiro atoms. The van der Waals surface area contributed by atoms with E-state index in [1.807, 2.05) is 0 Å². The Morgan fingerprint density at radius 3 is 2.44 bits per heavy atom. The molecule has 1 aromatic heterocycles. The van der Waals surface area contributed by atoms with E-state index < -0.39 is 10.0 Å². The predicted octanol–water partition coefficient (Wildman–Crippen LogP) is 2.29. The Morgan fingerprint density at radius 1 is 0.960 bits per heavy atom. The van der Waals surface area contributed by atoms with Gasteiger partial charge in [0.15, 0.2) is 0 Å². The standard InChI is InChI=1S/C19H23N3O2S/c23-25(24,19-6-3-10-20-14-19)22-12-8-18(9-13-22)21-11-7-16-4-1-2-5-17(16)15-21/h1-6,10,14,18H,7-9,11-13,15H2. The molecule has 0 radical (unpaired) electrons. The normalized spacial score (nSPS) is 20.3. The van der Waals surface area contributed by atoms with E-state index in [0.717, 1.165) is 32.4 Å². The fourth-order valence-electron chi connectivity index (χ4n) is 3.93. The van der Waals surface area contributed by atoms with Crippen LogP contribution in [0.4, 0.5) is 0 Å². The molecule has 0 amide bonds. The molecular weight excluding hydrogens is 334 g/mol. The van der Waals surface area contributed by atoms with Crippen molar-refractivity contribution in [2.24, 2.45) is 0 Å². The summed E-state index contributed by atoms with van der Waals surface area (Å²) in [7, 11) is -3.41. The van der Waals surface area contributed by atoms with Gasteiger partial charge in [-0.2, -0.15) is 4.31 Å². The molecule has 0 aliphatic carbocycles. The molecule has 2 aliphatic rings. The highest BCUT2D eigenvalue weighted by Crippen LogP contribution is 2.27. The van der Waals surface area contributed by atoms with E-state index in [0.29, 0.717) is 24.0 Å². The van der Waals surface area contributed by atoms with Crippen molar-refractivity contribution in [3.8, 4) is 0 Å². The van der Waals surface area contributed by atoms with Gasteiger partial charge in [-0.25, -0.2) is 8.42 Å². The highest BCUT2D eigenvalue weighted by molar-refractivity contribution is 7.89. The number of hydrogen-bond acceptors (Lipinski definition) is 4.